The molecule has 0 saturated carbocycles. The van der Waals surface area contributed by atoms with Crippen LogP contribution in [0.1, 0.15) is 18.4 Å². The summed E-state index contributed by atoms with van der Waals surface area (Å²) in [7, 11) is 0. The molecule has 0 bridgehead atoms. The lowest BCUT2D eigenvalue weighted by atomic mass is 9.82. The Kier molecular flexibility index (Phi) is 4.93. The van der Waals surface area contributed by atoms with Crippen LogP contribution in [0.4, 0.5) is 0 Å². The van der Waals surface area contributed by atoms with Gasteiger partial charge in [0.25, 0.3) is 0 Å². The van der Waals surface area contributed by atoms with E-state index in [0.717, 1.165) is 30.5 Å². The maximum Gasteiger partial charge on any atom is 0.350 e. The highest BCUT2D eigenvalue weighted by atomic mass is 79.9. The maximum atomic E-state index is 12.4. The summed E-state index contributed by atoms with van der Waals surface area (Å²) in [6, 6.07) is 14.0. The lowest BCUT2D eigenvalue weighted by Crippen LogP contribution is -2.48. The van der Waals surface area contributed by atoms with E-state index in [2.05, 4.69) is 44.5 Å². The quantitative estimate of drug-likeness (QED) is 0.694. The number of aromatic nitrogens is 3. The molecule has 1 aliphatic rings. The topological polar surface area (TPSA) is 60.6 Å². The molecule has 3 heterocycles. The molecular formula is C19H21BrN4O2. The van der Waals surface area contributed by atoms with Crippen LogP contribution in [-0.2, 0) is 16.8 Å². The van der Waals surface area contributed by atoms with Crippen molar-refractivity contribution in [1.82, 2.24) is 19.5 Å². The first-order chi connectivity index (χ1) is 12.7. The molecule has 0 atom stereocenters. The number of fused-ring (bicyclic) bond motifs is 1. The number of ether oxygens (including phenoxy) is 1. The lowest BCUT2D eigenvalue weighted by Gasteiger charge is -2.39. The van der Waals surface area contributed by atoms with Crippen molar-refractivity contribution in [3.05, 3.63) is 69.2 Å². The van der Waals surface area contributed by atoms with Gasteiger partial charge in [-0.15, -0.1) is 5.10 Å². The second-order valence-electron chi connectivity index (χ2n) is 6.57. The van der Waals surface area contributed by atoms with Crippen LogP contribution in [0.25, 0.3) is 5.65 Å². The SMILES string of the molecule is O=c1n(CCNC2(c3cccc(Br)c3)CCOCC2)nc2ccccn12. The Morgan fingerprint density at radius 1 is 1.19 bits per heavy atom. The van der Waals surface area contributed by atoms with Gasteiger partial charge in [0, 0.05) is 36.0 Å². The number of pyridine rings is 1. The van der Waals surface area contributed by atoms with Crippen molar-refractivity contribution in [2.75, 3.05) is 19.8 Å². The summed E-state index contributed by atoms with van der Waals surface area (Å²) in [4.78, 5) is 12.4. The smallest absolute Gasteiger partial charge is 0.350 e. The molecule has 0 aliphatic carbocycles. The van der Waals surface area contributed by atoms with Crippen LogP contribution in [0.2, 0.25) is 0 Å². The normalized spacial score (nSPS) is 16.8. The molecule has 1 aliphatic heterocycles. The van der Waals surface area contributed by atoms with Crippen LogP contribution in [0.5, 0.6) is 0 Å². The first-order valence-corrected chi connectivity index (χ1v) is 9.60. The Bertz CT molecular complexity index is 959. The van der Waals surface area contributed by atoms with E-state index in [4.69, 9.17) is 4.74 Å². The van der Waals surface area contributed by atoms with E-state index in [-0.39, 0.29) is 11.2 Å². The Morgan fingerprint density at radius 3 is 2.81 bits per heavy atom. The molecule has 1 aromatic carbocycles. The van der Waals surface area contributed by atoms with Crippen LogP contribution in [0, 0.1) is 0 Å². The number of rotatable bonds is 5. The largest absolute Gasteiger partial charge is 0.381 e. The van der Waals surface area contributed by atoms with Gasteiger partial charge >= 0.3 is 5.69 Å². The minimum Gasteiger partial charge on any atom is -0.381 e. The summed E-state index contributed by atoms with van der Waals surface area (Å²) in [6.45, 7) is 2.65. The molecule has 2 aromatic heterocycles. The Labute approximate surface area is 159 Å². The maximum absolute atomic E-state index is 12.4. The van der Waals surface area contributed by atoms with Gasteiger partial charge in [0.2, 0.25) is 0 Å². The van der Waals surface area contributed by atoms with Crippen molar-refractivity contribution in [3.63, 3.8) is 0 Å². The highest BCUT2D eigenvalue weighted by Gasteiger charge is 2.33. The van der Waals surface area contributed by atoms with Crippen LogP contribution >= 0.6 is 15.9 Å². The van der Waals surface area contributed by atoms with E-state index in [1.54, 1.807) is 10.6 Å². The van der Waals surface area contributed by atoms with Crippen molar-refractivity contribution in [2.24, 2.45) is 0 Å². The monoisotopic (exact) mass is 416 g/mol. The predicted octanol–water partition coefficient (Wildman–Crippen LogP) is 2.55. The van der Waals surface area contributed by atoms with Crippen molar-refractivity contribution in [3.8, 4) is 0 Å². The predicted molar refractivity (Wildman–Crippen MR) is 103 cm³/mol. The number of benzene rings is 1. The zero-order valence-corrected chi connectivity index (χ0v) is 16.0. The fourth-order valence-corrected chi connectivity index (χ4v) is 3.99. The number of nitrogens with zero attached hydrogens (tertiary/aromatic N) is 3. The zero-order valence-electron chi connectivity index (χ0n) is 14.4. The minimum atomic E-state index is -0.134. The Balaban J connectivity index is 1.53. The van der Waals surface area contributed by atoms with E-state index in [0.29, 0.717) is 18.7 Å². The van der Waals surface area contributed by atoms with E-state index in [9.17, 15) is 4.79 Å². The Hall–Kier alpha value is -1.96. The summed E-state index contributed by atoms with van der Waals surface area (Å²) >= 11 is 3.57. The molecule has 0 radical (unpaired) electrons. The van der Waals surface area contributed by atoms with Gasteiger partial charge < -0.3 is 10.1 Å². The molecule has 136 valence electrons. The molecule has 1 fully saturated rings. The van der Waals surface area contributed by atoms with Gasteiger partial charge in [-0.2, -0.15) is 0 Å². The third kappa shape index (κ3) is 3.34. The number of halogens is 1. The molecule has 0 amide bonds. The Morgan fingerprint density at radius 2 is 2.04 bits per heavy atom. The fraction of sp³-hybridized carbons (Fsp3) is 0.368. The summed E-state index contributed by atoms with van der Waals surface area (Å²) in [6.07, 6.45) is 3.56. The van der Waals surface area contributed by atoms with E-state index in [1.165, 1.54) is 10.2 Å². The van der Waals surface area contributed by atoms with Crippen LogP contribution in [0.15, 0.2) is 57.9 Å². The highest BCUT2D eigenvalue weighted by molar-refractivity contribution is 9.10. The standard InChI is InChI=1S/C19H21BrN4O2/c20-16-5-3-4-15(14-16)19(7-12-26-13-8-19)21-9-11-24-18(25)23-10-2-1-6-17(23)22-24/h1-6,10,14,21H,7-9,11-13H2. The van der Waals surface area contributed by atoms with Gasteiger partial charge in [-0.05, 0) is 42.7 Å². The molecule has 1 saturated heterocycles. The highest BCUT2D eigenvalue weighted by Crippen LogP contribution is 2.33. The molecule has 3 aromatic rings. The zero-order chi connectivity index (χ0) is 18.0. The molecule has 1 N–H and O–H groups in total. The van der Waals surface area contributed by atoms with Gasteiger partial charge in [0.05, 0.1) is 6.54 Å². The van der Waals surface area contributed by atoms with E-state index < -0.39 is 0 Å². The summed E-state index contributed by atoms with van der Waals surface area (Å²) in [5.74, 6) is 0. The lowest BCUT2D eigenvalue weighted by molar-refractivity contribution is 0.0362. The minimum absolute atomic E-state index is 0.106. The molecular weight excluding hydrogens is 396 g/mol. The average molecular weight is 417 g/mol. The first-order valence-electron chi connectivity index (χ1n) is 8.81. The van der Waals surface area contributed by atoms with Gasteiger partial charge in [0.15, 0.2) is 5.65 Å². The molecule has 0 unspecified atom stereocenters. The van der Waals surface area contributed by atoms with E-state index >= 15 is 0 Å². The number of nitrogens with one attached hydrogen (secondary N) is 1. The molecule has 0 spiro atoms. The van der Waals surface area contributed by atoms with Crippen molar-refractivity contribution in [1.29, 1.82) is 0 Å². The van der Waals surface area contributed by atoms with Crippen molar-refractivity contribution >= 4 is 21.6 Å². The number of hydrogen-bond acceptors (Lipinski definition) is 4. The first kappa shape index (κ1) is 17.5. The molecule has 7 heteroatoms. The van der Waals surface area contributed by atoms with Crippen molar-refractivity contribution < 1.29 is 4.74 Å². The van der Waals surface area contributed by atoms with Gasteiger partial charge in [-0.25, -0.2) is 9.48 Å². The van der Waals surface area contributed by atoms with Gasteiger partial charge in [0.1, 0.15) is 0 Å². The molecule has 6 nitrogen and oxygen atoms in total. The van der Waals surface area contributed by atoms with Crippen LogP contribution in [-0.4, -0.2) is 33.9 Å². The number of hydrogen-bond donors (Lipinski definition) is 1. The molecule has 4 rings (SSSR count). The molecule has 26 heavy (non-hydrogen) atoms. The van der Waals surface area contributed by atoms with E-state index in [1.807, 2.05) is 24.3 Å². The second-order valence-corrected chi connectivity index (χ2v) is 7.48. The second kappa shape index (κ2) is 7.34. The van der Waals surface area contributed by atoms with Crippen LogP contribution < -0.4 is 11.0 Å². The average Bonchev–Trinajstić information content (AvgIpc) is 2.99. The summed E-state index contributed by atoms with van der Waals surface area (Å²) in [5.41, 5.74) is 1.68. The van der Waals surface area contributed by atoms with Gasteiger partial charge in [-0.1, -0.05) is 34.1 Å². The van der Waals surface area contributed by atoms with Crippen LogP contribution in [0.3, 0.4) is 0 Å². The van der Waals surface area contributed by atoms with Gasteiger partial charge in [-0.3, -0.25) is 4.40 Å². The summed E-state index contributed by atoms with van der Waals surface area (Å²) in [5, 5.41) is 8.09. The third-order valence-electron chi connectivity index (χ3n) is 5.00. The fourth-order valence-electron chi connectivity index (χ4n) is 3.59. The summed E-state index contributed by atoms with van der Waals surface area (Å²) < 4.78 is 9.74. The van der Waals surface area contributed by atoms with Crippen molar-refractivity contribution in [2.45, 2.75) is 24.9 Å². The third-order valence-corrected chi connectivity index (χ3v) is 5.49.